The fourth-order valence-electron chi connectivity index (χ4n) is 3.76. The van der Waals surface area contributed by atoms with Crippen molar-refractivity contribution >= 4 is 32.0 Å². The molecule has 0 unspecified atom stereocenters. The summed E-state index contributed by atoms with van der Waals surface area (Å²) in [4.78, 5) is 20.3. The lowest BCUT2D eigenvalue weighted by atomic mass is 10.1. The molecule has 0 atom stereocenters. The molecule has 3 N–H and O–H groups in total. The Morgan fingerprint density at radius 2 is 1.80 bits per heavy atom. The van der Waals surface area contributed by atoms with Gasteiger partial charge in [-0.1, -0.05) is 44.2 Å². The Labute approximate surface area is 174 Å². The van der Waals surface area contributed by atoms with Crippen LogP contribution in [0.15, 0.2) is 58.2 Å². The van der Waals surface area contributed by atoms with E-state index in [1.165, 1.54) is 12.1 Å². The van der Waals surface area contributed by atoms with Crippen molar-refractivity contribution in [3.05, 3.63) is 70.3 Å². The number of primary sulfonamides is 1. The van der Waals surface area contributed by atoms with Crippen LogP contribution in [0.2, 0.25) is 0 Å². The molecular formula is C22H24N4O3S. The molecule has 0 aliphatic carbocycles. The Kier molecular flexibility index (Phi) is 5.21. The molecule has 0 fully saturated rings. The van der Waals surface area contributed by atoms with Gasteiger partial charge in [0, 0.05) is 18.4 Å². The first-order valence-corrected chi connectivity index (χ1v) is 11.4. The maximum atomic E-state index is 12.6. The van der Waals surface area contributed by atoms with E-state index in [1.54, 1.807) is 12.1 Å². The third-order valence-electron chi connectivity index (χ3n) is 5.16. The average Bonchev–Trinajstić information content (AvgIpc) is 3.04. The molecule has 7 nitrogen and oxygen atoms in total. The number of aryl methyl sites for hydroxylation is 2. The van der Waals surface area contributed by atoms with E-state index in [0.717, 1.165) is 34.2 Å². The van der Waals surface area contributed by atoms with Crippen LogP contribution in [0.1, 0.15) is 25.2 Å². The largest absolute Gasteiger partial charge is 0.327 e. The van der Waals surface area contributed by atoms with Crippen molar-refractivity contribution in [3.63, 3.8) is 0 Å². The molecule has 0 spiro atoms. The summed E-state index contributed by atoms with van der Waals surface area (Å²) in [5.41, 5.74) is 2.86. The van der Waals surface area contributed by atoms with Crippen LogP contribution in [0.3, 0.4) is 0 Å². The minimum Gasteiger partial charge on any atom is -0.327 e. The average molecular weight is 425 g/mol. The van der Waals surface area contributed by atoms with Crippen molar-refractivity contribution in [2.45, 2.75) is 38.1 Å². The van der Waals surface area contributed by atoms with Crippen LogP contribution >= 0.6 is 0 Å². The first-order valence-electron chi connectivity index (χ1n) is 9.86. The fraction of sp³-hybridized carbons (Fsp3) is 0.273. The Bertz CT molecular complexity index is 1380. The third-order valence-corrected chi connectivity index (χ3v) is 6.09. The minimum atomic E-state index is -3.71. The number of nitrogens with one attached hydrogen (secondary N) is 1. The van der Waals surface area contributed by atoms with Gasteiger partial charge >= 0.3 is 0 Å². The molecule has 0 aliphatic heterocycles. The van der Waals surface area contributed by atoms with Crippen molar-refractivity contribution in [2.24, 2.45) is 11.1 Å². The lowest BCUT2D eigenvalue weighted by molar-refractivity contribution is 0.579. The number of nitrogens with two attached hydrogens (primary N) is 1. The molecule has 4 aromatic rings. The van der Waals surface area contributed by atoms with Gasteiger partial charge in [0.05, 0.1) is 15.9 Å². The van der Waals surface area contributed by atoms with Crippen molar-refractivity contribution in [2.75, 3.05) is 0 Å². The molecule has 0 aliphatic rings. The SMILES string of the molecule is CC(C)Cc1nc2c(=O)[nH]c3ccccc3c2n1CCc1ccc(S(N)(=O)=O)cc1. The van der Waals surface area contributed by atoms with Gasteiger partial charge in [-0.25, -0.2) is 18.5 Å². The zero-order chi connectivity index (χ0) is 21.5. The smallest absolute Gasteiger partial charge is 0.276 e. The summed E-state index contributed by atoms with van der Waals surface area (Å²) in [6.07, 6.45) is 1.43. The lowest BCUT2D eigenvalue weighted by Gasteiger charge is -2.12. The molecular weight excluding hydrogens is 400 g/mol. The van der Waals surface area contributed by atoms with Crippen molar-refractivity contribution in [1.29, 1.82) is 0 Å². The van der Waals surface area contributed by atoms with Gasteiger partial charge in [0.1, 0.15) is 5.82 Å². The number of rotatable bonds is 6. The number of aromatic nitrogens is 3. The number of hydrogen-bond acceptors (Lipinski definition) is 4. The fourth-order valence-corrected chi connectivity index (χ4v) is 4.27. The second-order valence-corrected chi connectivity index (χ2v) is 9.47. The number of nitrogens with zero attached hydrogens (tertiary/aromatic N) is 2. The van der Waals surface area contributed by atoms with E-state index in [9.17, 15) is 13.2 Å². The second-order valence-electron chi connectivity index (χ2n) is 7.91. The Morgan fingerprint density at radius 3 is 2.47 bits per heavy atom. The molecule has 0 saturated heterocycles. The van der Waals surface area contributed by atoms with E-state index < -0.39 is 10.0 Å². The number of H-pyrrole nitrogens is 1. The molecule has 156 valence electrons. The minimum absolute atomic E-state index is 0.0948. The van der Waals surface area contributed by atoms with Gasteiger partial charge in [-0.15, -0.1) is 0 Å². The number of imidazole rings is 1. The van der Waals surface area contributed by atoms with Gasteiger partial charge in [0.2, 0.25) is 10.0 Å². The Hall–Kier alpha value is -2.97. The molecule has 0 amide bonds. The summed E-state index contributed by atoms with van der Waals surface area (Å²) in [5, 5.41) is 6.14. The highest BCUT2D eigenvalue weighted by Crippen LogP contribution is 2.24. The van der Waals surface area contributed by atoms with Crippen LogP contribution in [0.4, 0.5) is 0 Å². The summed E-state index contributed by atoms with van der Waals surface area (Å²) in [7, 11) is -3.71. The number of sulfonamides is 1. The zero-order valence-electron chi connectivity index (χ0n) is 16.9. The predicted octanol–water partition coefficient (Wildman–Crippen LogP) is 2.97. The molecule has 0 bridgehead atoms. The molecule has 2 aromatic carbocycles. The van der Waals surface area contributed by atoms with E-state index in [4.69, 9.17) is 5.14 Å². The summed E-state index contributed by atoms with van der Waals surface area (Å²) < 4.78 is 25.1. The number of benzene rings is 2. The maximum absolute atomic E-state index is 12.6. The summed E-state index contributed by atoms with van der Waals surface area (Å²) >= 11 is 0. The maximum Gasteiger partial charge on any atom is 0.276 e. The monoisotopic (exact) mass is 424 g/mol. The van der Waals surface area contributed by atoms with Gasteiger partial charge in [-0.05, 0) is 36.1 Å². The third kappa shape index (κ3) is 3.88. The molecule has 8 heteroatoms. The zero-order valence-corrected chi connectivity index (χ0v) is 17.7. The number of para-hydroxylation sites is 1. The number of hydrogen-bond donors (Lipinski definition) is 2. The topological polar surface area (TPSA) is 111 Å². The van der Waals surface area contributed by atoms with Gasteiger partial charge in [-0.2, -0.15) is 0 Å². The summed E-state index contributed by atoms with van der Waals surface area (Å²) in [6.45, 7) is 4.87. The van der Waals surface area contributed by atoms with Crippen LogP contribution in [-0.2, 0) is 29.4 Å². The van der Waals surface area contributed by atoms with Crippen molar-refractivity contribution in [3.8, 4) is 0 Å². The van der Waals surface area contributed by atoms with E-state index in [2.05, 4.69) is 28.4 Å². The van der Waals surface area contributed by atoms with Gasteiger partial charge in [-0.3, -0.25) is 4.79 Å². The predicted molar refractivity (Wildman–Crippen MR) is 118 cm³/mol. The number of aromatic amines is 1. The highest BCUT2D eigenvalue weighted by molar-refractivity contribution is 7.89. The van der Waals surface area contributed by atoms with E-state index in [1.807, 2.05) is 24.3 Å². The molecule has 0 radical (unpaired) electrons. The molecule has 30 heavy (non-hydrogen) atoms. The van der Waals surface area contributed by atoms with Crippen LogP contribution in [0.25, 0.3) is 21.9 Å². The molecule has 0 saturated carbocycles. The highest BCUT2D eigenvalue weighted by atomic mass is 32.2. The van der Waals surface area contributed by atoms with E-state index >= 15 is 0 Å². The van der Waals surface area contributed by atoms with Crippen LogP contribution < -0.4 is 10.7 Å². The van der Waals surface area contributed by atoms with Gasteiger partial charge < -0.3 is 9.55 Å². The molecule has 4 rings (SSSR count). The van der Waals surface area contributed by atoms with Crippen molar-refractivity contribution in [1.82, 2.24) is 14.5 Å². The van der Waals surface area contributed by atoms with E-state index in [-0.39, 0.29) is 10.5 Å². The van der Waals surface area contributed by atoms with Gasteiger partial charge in [0.15, 0.2) is 5.52 Å². The Balaban J connectivity index is 1.79. The van der Waals surface area contributed by atoms with Crippen LogP contribution in [0, 0.1) is 5.92 Å². The number of pyridine rings is 1. The van der Waals surface area contributed by atoms with Crippen molar-refractivity contribution < 1.29 is 8.42 Å². The molecule has 2 heterocycles. The standard InChI is InChI=1S/C22H24N4O3S/c1-14(2)13-19-25-20-21(17-5-3-4-6-18(17)24-22(20)27)26(19)12-11-15-7-9-16(10-8-15)30(23,28)29/h3-10,14H,11-13H2,1-2H3,(H,24,27)(H2,23,28,29). The highest BCUT2D eigenvalue weighted by Gasteiger charge is 2.17. The normalized spacial score (nSPS) is 12.3. The van der Waals surface area contributed by atoms with Gasteiger partial charge in [0.25, 0.3) is 5.56 Å². The Morgan fingerprint density at radius 1 is 1.10 bits per heavy atom. The summed E-state index contributed by atoms with van der Waals surface area (Å²) in [6, 6.07) is 14.3. The first kappa shape index (κ1) is 20.3. The first-order chi connectivity index (χ1) is 14.2. The van der Waals surface area contributed by atoms with Crippen LogP contribution in [-0.4, -0.2) is 23.0 Å². The second kappa shape index (κ2) is 7.70. The lowest BCUT2D eigenvalue weighted by Crippen LogP contribution is -2.12. The van der Waals surface area contributed by atoms with Crippen LogP contribution in [0.5, 0.6) is 0 Å². The number of fused-ring (bicyclic) bond motifs is 3. The summed E-state index contributed by atoms with van der Waals surface area (Å²) in [5.74, 6) is 1.27. The molecule has 2 aromatic heterocycles. The quantitative estimate of drug-likeness (QED) is 0.496. The van der Waals surface area contributed by atoms with E-state index in [0.29, 0.717) is 24.4 Å².